The summed E-state index contributed by atoms with van der Waals surface area (Å²) in [6.07, 6.45) is 1.47. The van der Waals surface area contributed by atoms with E-state index in [2.05, 4.69) is 55.1 Å². The molecule has 37 heavy (non-hydrogen) atoms. The molecule has 2 aromatic carbocycles. The van der Waals surface area contributed by atoms with Gasteiger partial charge in [0.15, 0.2) is 0 Å². The van der Waals surface area contributed by atoms with Crippen LogP contribution in [0.25, 0.3) is 10.9 Å². The summed E-state index contributed by atoms with van der Waals surface area (Å²) in [5.41, 5.74) is 1.68. The van der Waals surface area contributed by atoms with Gasteiger partial charge in [0.2, 0.25) is 0 Å². The Bertz CT molecular complexity index is 1310. The summed E-state index contributed by atoms with van der Waals surface area (Å²) in [5, 5.41) is 4.00. The lowest BCUT2D eigenvalue weighted by Gasteiger charge is -2.40. The summed E-state index contributed by atoms with van der Waals surface area (Å²) in [6.45, 7) is 10.0. The second-order valence-corrected chi connectivity index (χ2v) is 10.0. The van der Waals surface area contributed by atoms with Crippen molar-refractivity contribution in [2.45, 2.75) is 26.3 Å². The van der Waals surface area contributed by atoms with Gasteiger partial charge in [-0.3, -0.25) is 4.90 Å². The Morgan fingerprint density at radius 2 is 1.95 bits per heavy atom. The fourth-order valence-corrected chi connectivity index (χ4v) is 4.60. The van der Waals surface area contributed by atoms with Gasteiger partial charge < -0.3 is 10.1 Å². The molecule has 3 aromatic rings. The van der Waals surface area contributed by atoms with Crippen molar-refractivity contribution in [2.75, 3.05) is 45.2 Å². The van der Waals surface area contributed by atoms with E-state index >= 15 is 0 Å². The van der Waals surface area contributed by atoms with Crippen molar-refractivity contribution in [3.63, 3.8) is 0 Å². The van der Waals surface area contributed by atoms with Crippen LogP contribution in [0.5, 0.6) is 5.75 Å². The van der Waals surface area contributed by atoms with Gasteiger partial charge in [0.05, 0.1) is 35.4 Å². The first kappa shape index (κ1) is 27.4. The lowest BCUT2D eigenvalue weighted by Crippen LogP contribution is -2.52. The third kappa shape index (κ3) is 6.82. The molecule has 1 saturated heterocycles. The van der Waals surface area contributed by atoms with Crippen molar-refractivity contribution in [2.24, 2.45) is 0 Å². The number of aromatic nitrogens is 2. The van der Waals surface area contributed by atoms with Gasteiger partial charge in [-0.2, -0.15) is 0 Å². The van der Waals surface area contributed by atoms with Crippen LogP contribution in [-0.4, -0.2) is 64.6 Å². The van der Waals surface area contributed by atoms with Gasteiger partial charge >= 0.3 is 0 Å². The van der Waals surface area contributed by atoms with Crippen molar-refractivity contribution < 1.29 is 18.3 Å². The van der Waals surface area contributed by atoms with E-state index in [0.29, 0.717) is 29.4 Å². The minimum Gasteiger partial charge on any atom is -0.492 e. The average Bonchev–Trinajstić information content (AvgIpc) is 2.89. The summed E-state index contributed by atoms with van der Waals surface area (Å²) < 4.78 is 26.6. The molecular formula is C26H29ClFN5O3S. The molecule has 196 valence electrons. The van der Waals surface area contributed by atoms with E-state index < -0.39 is 5.82 Å². The number of fused-ring (bicyclic) bond motifs is 1. The molecule has 0 radical (unpaired) electrons. The Morgan fingerprint density at radius 1 is 1.16 bits per heavy atom. The molecule has 1 fully saturated rings. The fraction of sp³-hybridized carbons (Fsp3) is 0.385. The SMILES string of the molecule is CCOc1cc2ncnc(Nc3ccc(F)c(Cl)c3)c2cc1C#CC(C)(C)N1CCN(SOOC)CC1. The Morgan fingerprint density at radius 3 is 2.65 bits per heavy atom. The van der Waals surface area contributed by atoms with Crippen LogP contribution in [0.1, 0.15) is 26.3 Å². The van der Waals surface area contributed by atoms with E-state index in [4.69, 9.17) is 20.7 Å². The number of ether oxygens (including phenoxy) is 1. The van der Waals surface area contributed by atoms with Crippen LogP contribution >= 0.6 is 23.8 Å². The number of halogens is 2. The summed E-state index contributed by atoms with van der Waals surface area (Å²) in [6, 6.07) is 8.22. The Kier molecular flexibility index (Phi) is 9.08. The topological polar surface area (TPSA) is 72.0 Å². The van der Waals surface area contributed by atoms with Crippen LogP contribution in [0, 0.1) is 17.7 Å². The highest BCUT2D eigenvalue weighted by Gasteiger charge is 2.29. The molecule has 0 bridgehead atoms. The molecular weight excluding hydrogens is 517 g/mol. The predicted octanol–water partition coefficient (Wildman–Crippen LogP) is 5.45. The van der Waals surface area contributed by atoms with Crippen molar-refractivity contribution in [3.05, 3.63) is 53.1 Å². The van der Waals surface area contributed by atoms with E-state index in [1.54, 1.807) is 6.07 Å². The van der Waals surface area contributed by atoms with Crippen LogP contribution in [-0.2, 0) is 9.22 Å². The van der Waals surface area contributed by atoms with Crippen LogP contribution < -0.4 is 10.1 Å². The van der Waals surface area contributed by atoms with Crippen molar-refractivity contribution in [1.29, 1.82) is 0 Å². The zero-order chi connectivity index (χ0) is 26.4. The van der Waals surface area contributed by atoms with Gasteiger partial charge in [-0.05, 0) is 45.0 Å². The molecule has 0 saturated carbocycles. The van der Waals surface area contributed by atoms with Gasteiger partial charge in [0.1, 0.15) is 35.9 Å². The first-order chi connectivity index (χ1) is 17.8. The molecule has 11 heteroatoms. The maximum Gasteiger partial charge on any atom is 0.141 e. The third-order valence-corrected chi connectivity index (χ3v) is 7.02. The van der Waals surface area contributed by atoms with E-state index in [1.165, 1.54) is 37.8 Å². The molecule has 0 aliphatic carbocycles. The fourth-order valence-electron chi connectivity index (χ4n) is 3.96. The number of anilines is 2. The molecule has 1 N–H and O–H groups in total. The van der Waals surface area contributed by atoms with Crippen molar-refractivity contribution >= 4 is 46.2 Å². The Labute approximate surface area is 225 Å². The second kappa shape index (κ2) is 12.3. The zero-order valence-corrected chi connectivity index (χ0v) is 22.7. The number of hydrogen-bond donors (Lipinski definition) is 1. The summed E-state index contributed by atoms with van der Waals surface area (Å²) >= 11 is 7.18. The lowest BCUT2D eigenvalue weighted by molar-refractivity contribution is -0.164. The standard InChI is InChI=1S/C26H29ClFN5O3S/c1-5-35-24-16-23-20(25(30-17-29-23)31-19-6-7-22(28)21(27)15-19)14-18(24)8-9-26(2,3)32-10-12-33(13-11-32)37-36-34-4/h6-7,14-17H,5,10-13H2,1-4H3,(H,29,30,31). The van der Waals surface area contributed by atoms with Crippen LogP contribution in [0.3, 0.4) is 0 Å². The average molecular weight is 546 g/mol. The molecule has 0 unspecified atom stereocenters. The summed E-state index contributed by atoms with van der Waals surface area (Å²) in [4.78, 5) is 15.8. The molecule has 2 heterocycles. The number of hydrogen-bond acceptors (Lipinski definition) is 9. The number of rotatable bonds is 8. The number of nitrogens with zero attached hydrogens (tertiary/aromatic N) is 4. The highest BCUT2D eigenvalue weighted by atomic mass is 35.5. The van der Waals surface area contributed by atoms with Crippen LogP contribution in [0.4, 0.5) is 15.9 Å². The largest absolute Gasteiger partial charge is 0.492 e. The molecule has 1 aromatic heterocycles. The summed E-state index contributed by atoms with van der Waals surface area (Å²) in [5.74, 6) is 7.53. The number of piperazine rings is 1. The van der Waals surface area contributed by atoms with E-state index in [1.807, 2.05) is 19.1 Å². The highest BCUT2D eigenvalue weighted by Crippen LogP contribution is 2.31. The maximum absolute atomic E-state index is 13.6. The quantitative estimate of drug-likeness (QED) is 0.131. The Balaban J connectivity index is 1.62. The molecule has 0 spiro atoms. The van der Waals surface area contributed by atoms with E-state index in [9.17, 15) is 4.39 Å². The minimum absolute atomic E-state index is 0.0291. The van der Waals surface area contributed by atoms with Gasteiger partial charge in [0.25, 0.3) is 0 Å². The monoisotopic (exact) mass is 545 g/mol. The first-order valence-electron chi connectivity index (χ1n) is 11.8. The van der Waals surface area contributed by atoms with E-state index in [-0.39, 0.29) is 10.6 Å². The number of benzene rings is 2. The van der Waals surface area contributed by atoms with E-state index in [0.717, 1.165) is 37.1 Å². The van der Waals surface area contributed by atoms with Crippen LogP contribution in [0.15, 0.2) is 36.7 Å². The van der Waals surface area contributed by atoms with Gasteiger partial charge in [0, 0.05) is 43.3 Å². The molecule has 4 rings (SSSR count). The zero-order valence-electron chi connectivity index (χ0n) is 21.2. The van der Waals surface area contributed by atoms with Gasteiger partial charge in [-0.25, -0.2) is 23.6 Å². The lowest BCUT2D eigenvalue weighted by atomic mass is 10.0. The normalized spacial score (nSPS) is 14.9. The minimum atomic E-state index is -0.482. The predicted molar refractivity (Wildman–Crippen MR) is 145 cm³/mol. The third-order valence-electron chi connectivity index (χ3n) is 5.96. The van der Waals surface area contributed by atoms with Crippen LogP contribution in [0.2, 0.25) is 5.02 Å². The summed E-state index contributed by atoms with van der Waals surface area (Å²) in [7, 11) is 1.49. The second-order valence-electron chi connectivity index (χ2n) is 8.81. The van der Waals surface area contributed by atoms with Crippen molar-refractivity contribution in [3.8, 4) is 17.6 Å². The Hall–Kier alpha value is -2.65. The first-order valence-corrected chi connectivity index (χ1v) is 12.9. The van der Waals surface area contributed by atoms with Gasteiger partial charge in [-0.1, -0.05) is 23.4 Å². The molecule has 1 aliphatic rings. The number of nitrogens with one attached hydrogen (secondary N) is 1. The van der Waals surface area contributed by atoms with Gasteiger partial charge in [-0.15, -0.1) is 4.33 Å². The molecule has 8 nitrogen and oxygen atoms in total. The highest BCUT2D eigenvalue weighted by molar-refractivity contribution is 7.92. The molecule has 0 amide bonds. The molecule has 1 aliphatic heterocycles. The maximum atomic E-state index is 13.6. The smallest absolute Gasteiger partial charge is 0.141 e. The van der Waals surface area contributed by atoms with Crippen molar-refractivity contribution in [1.82, 2.24) is 19.2 Å². The molecule has 0 atom stereocenters.